The molecular weight excluding hydrogens is 362 g/mol. The Labute approximate surface area is 174 Å². The van der Waals surface area contributed by atoms with Crippen molar-refractivity contribution < 1.29 is 9.53 Å². The maximum atomic E-state index is 13.2. The summed E-state index contributed by atoms with van der Waals surface area (Å²) in [5, 5.41) is 0. The van der Waals surface area contributed by atoms with Crippen molar-refractivity contribution >= 4 is 11.6 Å². The van der Waals surface area contributed by atoms with Gasteiger partial charge in [-0.2, -0.15) is 0 Å². The molecule has 0 aliphatic carbocycles. The highest BCUT2D eigenvalue weighted by atomic mass is 16.5. The third-order valence-electron chi connectivity index (χ3n) is 5.81. The molecule has 5 heteroatoms. The monoisotopic (exact) mass is 395 g/mol. The van der Waals surface area contributed by atoms with Crippen LogP contribution in [0.5, 0.6) is 5.75 Å². The molecule has 0 N–H and O–H groups in total. The number of para-hydroxylation sites is 2. The van der Waals surface area contributed by atoms with Gasteiger partial charge in [-0.1, -0.05) is 42.5 Å². The molecule has 2 aromatic rings. The SMILES string of the molecule is CCN(CC)C(=O)C(CN1CCN(c2ccccc2OC)CC1)c1ccccc1. The summed E-state index contributed by atoms with van der Waals surface area (Å²) in [7, 11) is 1.72. The first-order valence-corrected chi connectivity index (χ1v) is 10.6. The van der Waals surface area contributed by atoms with E-state index in [0.29, 0.717) is 0 Å². The van der Waals surface area contributed by atoms with E-state index in [1.54, 1.807) is 7.11 Å². The van der Waals surface area contributed by atoms with Crippen LogP contribution in [0.2, 0.25) is 0 Å². The smallest absolute Gasteiger partial charge is 0.231 e. The number of amides is 1. The molecule has 3 rings (SSSR count). The predicted molar refractivity (Wildman–Crippen MR) is 119 cm³/mol. The third-order valence-corrected chi connectivity index (χ3v) is 5.81. The van der Waals surface area contributed by atoms with Crippen LogP contribution in [0.4, 0.5) is 5.69 Å². The zero-order chi connectivity index (χ0) is 20.6. The molecule has 1 aliphatic heterocycles. The van der Waals surface area contributed by atoms with Crippen molar-refractivity contribution in [3.63, 3.8) is 0 Å². The molecule has 1 aliphatic rings. The van der Waals surface area contributed by atoms with Crippen LogP contribution < -0.4 is 9.64 Å². The predicted octanol–water partition coefficient (Wildman–Crippen LogP) is 3.47. The zero-order valence-corrected chi connectivity index (χ0v) is 17.9. The van der Waals surface area contributed by atoms with Gasteiger partial charge in [0.2, 0.25) is 5.91 Å². The van der Waals surface area contributed by atoms with Crippen LogP contribution in [-0.2, 0) is 4.79 Å². The van der Waals surface area contributed by atoms with Crippen molar-refractivity contribution in [2.75, 3.05) is 57.8 Å². The Kier molecular flexibility index (Phi) is 7.53. The Hall–Kier alpha value is -2.53. The first-order valence-electron chi connectivity index (χ1n) is 10.6. The van der Waals surface area contributed by atoms with Crippen LogP contribution in [0.3, 0.4) is 0 Å². The van der Waals surface area contributed by atoms with Gasteiger partial charge >= 0.3 is 0 Å². The van der Waals surface area contributed by atoms with Gasteiger partial charge in [-0.15, -0.1) is 0 Å². The maximum absolute atomic E-state index is 13.2. The molecule has 1 unspecified atom stereocenters. The minimum absolute atomic E-state index is 0.117. The average Bonchev–Trinajstić information content (AvgIpc) is 2.79. The fourth-order valence-electron chi connectivity index (χ4n) is 4.09. The van der Waals surface area contributed by atoms with Gasteiger partial charge in [-0.05, 0) is 31.5 Å². The summed E-state index contributed by atoms with van der Waals surface area (Å²) in [6.07, 6.45) is 0. The number of rotatable bonds is 8. The molecule has 0 saturated carbocycles. The summed E-state index contributed by atoms with van der Waals surface area (Å²) in [4.78, 5) is 20.0. The molecule has 0 spiro atoms. The Morgan fingerprint density at radius 1 is 0.966 bits per heavy atom. The number of hydrogen-bond acceptors (Lipinski definition) is 4. The molecule has 1 saturated heterocycles. The molecule has 1 fully saturated rings. The molecule has 1 amide bonds. The van der Waals surface area contributed by atoms with E-state index in [1.807, 2.05) is 35.2 Å². The van der Waals surface area contributed by atoms with E-state index in [0.717, 1.165) is 62.8 Å². The summed E-state index contributed by atoms with van der Waals surface area (Å²) in [6.45, 7) is 10.1. The van der Waals surface area contributed by atoms with Crippen LogP contribution in [0.1, 0.15) is 25.3 Å². The van der Waals surface area contributed by atoms with Crippen LogP contribution in [-0.4, -0.2) is 68.6 Å². The van der Waals surface area contributed by atoms with Gasteiger partial charge in [-0.3, -0.25) is 9.69 Å². The summed E-state index contributed by atoms with van der Waals surface area (Å²) in [5.41, 5.74) is 2.25. The maximum Gasteiger partial charge on any atom is 0.231 e. The van der Waals surface area contributed by atoms with Gasteiger partial charge in [-0.25, -0.2) is 0 Å². The minimum Gasteiger partial charge on any atom is -0.495 e. The Balaban J connectivity index is 1.69. The van der Waals surface area contributed by atoms with Gasteiger partial charge in [0, 0.05) is 45.8 Å². The van der Waals surface area contributed by atoms with Gasteiger partial charge in [0.05, 0.1) is 18.7 Å². The molecule has 156 valence electrons. The van der Waals surface area contributed by atoms with E-state index < -0.39 is 0 Å². The van der Waals surface area contributed by atoms with Crippen LogP contribution in [0, 0.1) is 0 Å². The number of likely N-dealkylation sites (N-methyl/N-ethyl adjacent to an activating group) is 1. The van der Waals surface area contributed by atoms with Crippen LogP contribution >= 0.6 is 0 Å². The van der Waals surface area contributed by atoms with Gasteiger partial charge in [0.25, 0.3) is 0 Å². The van der Waals surface area contributed by atoms with Crippen LogP contribution in [0.25, 0.3) is 0 Å². The number of methoxy groups -OCH3 is 1. The van der Waals surface area contributed by atoms with Crippen molar-refractivity contribution in [3.8, 4) is 5.75 Å². The Bertz CT molecular complexity index is 769. The molecule has 1 heterocycles. The fraction of sp³-hybridized carbons (Fsp3) is 0.458. The average molecular weight is 396 g/mol. The zero-order valence-electron chi connectivity index (χ0n) is 17.9. The molecule has 0 aromatic heterocycles. The topological polar surface area (TPSA) is 36.0 Å². The van der Waals surface area contributed by atoms with Crippen molar-refractivity contribution in [2.24, 2.45) is 0 Å². The molecule has 0 radical (unpaired) electrons. The number of ether oxygens (including phenoxy) is 1. The van der Waals surface area contributed by atoms with Gasteiger partial charge in [0.15, 0.2) is 0 Å². The summed E-state index contributed by atoms with van der Waals surface area (Å²) in [5.74, 6) is 1.03. The first kappa shape index (κ1) is 21.2. The highest BCUT2D eigenvalue weighted by molar-refractivity contribution is 5.84. The lowest BCUT2D eigenvalue weighted by Gasteiger charge is -2.38. The number of piperazine rings is 1. The number of benzene rings is 2. The number of hydrogen-bond donors (Lipinski definition) is 0. The summed E-state index contributed by atoms with van der Waals surface area (Å²) in [6, 6.07) is 18.4. The number of nitrogens with zero attached hydrogens (tertiary/aromatic N) is 3. The van der Waals surface area contributed by atoms with Crippen molar-refractivity contribution in [3.05, 3.63) is 60.2 Å². The summed E-state index contributed by atoms with van der Waals surface area (Å²) < 4.78 is 5.52. The number of carbonyl (C=O) groups is 1. The summed E-state index contributed by atoms with van der Waals surface area (Å²) >= 11 is 0. The number of anilines is 1. The molecule has 0 bridgehead atoms. The van der Waals surface area contributed by atoms with E-state index in [4.69, 9.17) is 4.74 Å². The largest absolute Gasteiger partial charge is 0.495 e. The van der Waals surface area contributed by atoms with Gasteiger partial charge < -0.3 is 14.5 Å². The Morgan fingerprint density at radius 3 is 2.21 bits per heavy atom. The van der Waals surface area contributed by atoms with Crippen molar-refractivity contribution in [2.45, 2.75) is 19.8 Å². The molecule has 29 heavy (non-hydrogen) atoms. The molecule has 2 aromatic carbocycles. The highest BCUT2D eigenvalue weighted by Gasteiger charge is 2.28. The van der Waals surface area contributed by atoms with Gasteiger partial charge in [0.1, 0.15) is 5.75 Å². The van der Waals surface area contributed by atoms with E-state index in [-0.39, 0.29) is 11.8 Å². The molecular formula is C24H33N3O2. The molecule has 5 nitrogen and oxygen atoms in total. The highest BCUT2D eigenvalue weighted by Crippen LogP contribution is 2.29. The van der Waals surface area contributed by atoms with E-state index >= 15 is 0 Å². The standard InChI is InChI=1S/C24H33N3O2/c1-4-26(5-2)24(28)21(20-11-7-6-8-12-20)19-25-15-17-27(18-16-25)22-13-9-10-14-23(22)29-3/h6-14,21H,4-5,15-19H2,1-3H3. The van der Waals surface area contributed by atoms with Crippen LogP contribution in [0.15, 0.2) is 54.6 Å². The lowest BCUT2D eigenvalue weighted by Crippen LogP contribution is -2.49. The van der Waals surface area contributed by atoms with Crippen molar-refractivity contribution in [1.82, 2.24) is 9.80 Å². The Morgan fingerprint density at radius 2 is 1.59 bits per heavy atom. The lowest BCUT2D eigenvalue weighted by atomic mass is 9.96. The fourth-order valence-corrected chi connectivity index (χ4v) is 4.09. The lowest BCUT2D eigenvalue weighted by molar-refractivity contribution is -0.133. The van der Waals surface area contributed by atoms with E-state index in [2.05, 4.69) is 47.9 Å². The second-order valence-corrected chi connectivity index (χ2v) is 7.43. The normalized spacial score (nSPS) is 15.8. The first-order chi connectivity index (χ1) is 14.2. The quantitative estimate of drug-likeness (QED) is 0.686. The second kappa shape index (κ2) is 10.3. The minimum atomic E-state index is -0.117. The van der Waals surface area contributed by atoms with E-state index in [9.17, 15) is 4.79 Å². The molecule has 1 atom stereocenters. The van der Waals surface area contributed by atoms with Crippen molar-refractivity contribution in [1.29, 1.82) is 0 Å². The third kappa shape index (κ3) is 5.10. The number of carbonyl (C=O) groups excluding carboxylic acids is 1. The second-order valence-electron chi connectivity index (χ2n) is 7.43. The van der Waals surface area contributed by atoms with E-state index in [1.165, 1.54) is 0 Å².